The molecule has 0 N–H and O–H groups in total. The third kappa shape index (κ3) is 2.10. The molecule has 0 saturated heterocycles. The van der Waals surface area contributed by atoms with Crippen molar-refractivity contribution in [1.29, 1.82) is 0 Å². The van der Waals surface area contributed by atoms with Crippen LogP contribution >= 0.6 is 15.9 Å². The van der Waals surface area contributed by atoms with Gasteiger partial charge in [0.2, 0.25) is 0 Å². The Morgan fingerprint density at radius 1 is 1.18 bits per heavy atom. The van der Waals surface area contributed by atoms with Gasteiger partial charge in [0.05, 0.1) is 34.6 Å². The Morgan fingerprint density at radius 3 is 2.88 bits per heavy atom. The first kappa shape index (κ1) is 10.5. The Morgan fingerprint density at radius 2 is 2.06 bits per heavy atom. The van der Waals surface area contributed by atoms with Gasteiger partial charge in [-0.15, -0.1) is 0 Å². The summed E-state index contributed by atoms with van der Waals surface area (Å²) in [7, 11) is 0. The van der Waals surface area contributed by atoms with E-state index in [1.54, 1.807) is 6.20 Å². The van der Waals surface area contributed by atoms with Gasteiger partial charge >= 0.3 is 0 Å². The van der Waals surface area contributed by atoms with Crippen molar-refractivity contribution in [3.8, 4) is 0 Å². The predicted molar refractivity (Wildman–Crippen MR) is 69.7 cm³/mol. The number of aromatic nitrogens is 4. The number of nitrogens with zero attached hydrogens (tertiary/aromatic N) is 4. The fourth-order valence-corrected chi connectivity index (χ4v) is 2.19. The van der Waals surface area contributed by atoms with Crippen LogP contribution in [0.4, 0.5) is 0 Å². The van der Waals surface area contributed by atoms with Crippen LogP contribution in [-0.2, 0) is 13.1 Å². The molecule has 0 bridgehead atoms. The van der Waals surface area contributed by atoms with Crippen LogP contribution in [0.15, 0.2) is 47.5 Å². The molecule has 2 heterocycles. The molecule has 86 valence electrons. The van der Waals surface area contributed by atoms with E-state index in [-0.39, 0.29) is 0 Å². The highest BCUT2D eigenvalue weighted by Gasteiger charge is 2.01. The fraction of sp³-hybridized carbons (Fsp3) is 0.167. The van der Waals surface area contributed by atoms with Crippen LogP contribution in [0, 0.1) is 0 Å². The molecule has 2 aromatic heterocycles. The molecule has 0 fully saturated rings. The lowest BCUT2D eigenvalue weighted by Gasteiger charge is -2.04. The molecule has 0 amide bonds. The number of aryl methyl sites for hydroxylation is 2. The zero-order valence-corrected chi connectivity index (χ0v) is 10.7. The van der Waals surface area contributed by atoms with Gasteiger partial charge in [-0.1, -0.05) is 12.1 Å². The topological polar surface area (TPSA) is 35.6 Å². The SMILES string of the molecule is Brc1cnn(CCn2cnc3ccccc32)c1. The highest BCUT2D eigenvalue weighted by molar-refractivity contribution is 9.10. The van der Waals surface area contributed by atoms with Crippen LogP contribution in [0.5, 0.6) is 0 Å². The average Bonchev–Trinajstić information content (AvgIpc) is 2.93. The second-order valence-corrected chi connectivity index (χ2v) is 4.76. The molecular weight excluding hydrogens is 280 g/mol. The smallest absolute Gasteiger partial charge is 0.0958 e. The molecule has 0 atom stereocenters. The molecule has 5 heteroatoms. The number of fused-ring (bicyclic) bond motifs is 1. The lowest BCUT2D eigenvalue weighted by Crippen LogP contribution is -2.06. The lowest BCUT2D eigenvalue weighted by atomic mass is 10.3. The minimum absolute atomic E-state index is 0.839. The van der Waals surface area contributed by atoms with Crippen molar-refractivity contribution in [3.63, 3.8) is 0 Å². The molecule has 0 saturated carbocycles. The van der Waals surface area contributed by atoms with Crippen molar-refractivity contribution in [2.75, 3.05) is 0 Å². The first-order valence-electron chi connectivity index (χ1n) is 5.41. The molecule has 0 aliphatic heterocycles. The summed E-state index contributed by atoms with van der Waals surface area (Å²) in [5.74, 6) is 0. The number of hydrogen-bond donors (Lipinski definition) is 0. The van der Waals surface area contributed by atoms with Crippen molar-refractivity contribution in [2.45, 2.75) is 13.1 Å². The van der Waals surface area contributed by atoms with Crippen LogP contribution in [0.2, 0.25) is 0 Å². The zero-order valence-electron chi connectivity index (χ0n) is 9.12. The molecule has 3 rings (SSSR count). The monoisotopic (exact) mass is 290 g/mol. The molecule has 4 nitrogen and oxygen atoms in total. The zero-order chi connectivity index (χ0) is 11.7. The summed E-state index contributed by atoms with van der Waals surface area (Å²) in [4.78, 5) is 4.36. The van der Waals surface area contributed by atoms with E-state index in [0.717, 1.165) is 23.1 Å². The number of hydrogen-bond acceptors (Lipinski definition) is 2. The Balaban J connectivity index is 1.81. The van der Waals surface area contributed by atoms with Gasteiger partial charge in [-0.05, 0) is 28.1 Å². The van der Waals surface area contributed by atoms with E-state index in [4.69, 9.17) is 0 Å². The van der Waals surface area contributed by atoms with E-state index in [1.807, 2.05) is 35.4 Å². The molecule has 0 radical (unpaired) electrons. The number of rotatable bonds is 3. The third-order valence-corrected chi connectivity index (χ3v) is 3.11. The van der Waals surface area contributed by atoms with Gasteiger partial charge in [0.1, 0.15) is 0 Å². The molecule has 0 unspecified atom stereocenters. The van der Waals surface area contributed by atoms with E-state index < -0.39 is 0 Å². The minimum atomic E-state index is 0.839. The van der Waals surface area contributed by atoms with Gasteiger partial charge in [0.25, 0.3) is 0 Å². The van der Waals surface area contributed by atoms with E-state index in [0.29, 0.717) is 0 Å². The van der Waals surface area contributed by atoms with E-state index >= 15 is 0 Å². The molecule has 0 spiro atoms. The summed E-state index contributed by atoms with van der Waals surface area (Å²) >= 11 is 3.39. The molecule has 17 heavy (non-hydrogen) atoms. The predicted octanol–water partition coefficient (Wildman–Crippen LogP) is 2.70. The number of imidazole rings is 1. The van der Waals surface area contributed by atoms with Crippen molar-refractivity contribution < 1.29 is 0 Å². The maximum atomic E-state index is 4.36. The van der Waals surface area contributed by atoms with Gasteiger partial charge in [0, 0.05) is 12.7 Å². The number of para-hydroxylation sites is 2. The average molecular weight is 291 g/mol. The summed E-state index contributed by atoms with van der Waals surface area (Å²) in [6, 6.07) is 8.15. The second kappa shape index (κ2) is 4.33. The van der Waals surface area contributed by atoms with Crippen molar-refractivity contribution >= 4 is 27.0 Å². The van der Waals surface area contributed by atoms with Crippen molar-refractivity contribution in [2.24, 2.45) is 0 Å². The van der Waals surface area contributed by atoms with Gasteiger partial charge in [-0.2, -0.15) is 5.10 Å². The van der Waals surface area contributed by atoms with Crippen LogP contribution in [0.1, 0.15) is 0 Å². The summed E-state index contributed by atoms with van der Waals surface area (Å²) in [5.41, 5.74) is 2.20. The van der Waals surface area contributed by atoms with Crippen molar-refractivity contribution in [1.82, 2.24) is 19.3 Å². The van der Waals surface area contributed by atoms with Gasteiger partial charge in [-0.3, -0.25) is 4.68 Å². The van der Waals surface area contributed by atoms with Crippen LogP contribution in [-0.4, -0.2) is 19.3 Å². The summed E-state index contributed by atoms with van der Waals surface area (Å²) in [5, 5.41) is 4.23. The Kier molecular flexibility index (Phi) is 2.68. The van der Waals surface area contributed by atoms with Crippen LogP contribution in [0.3, 0.4) is 0 Å². The normalized spacial score (nSPS) is 11.1. The van der Waals surface area contributed by atoms with Gasteiger partial charge in [-0.25, -0.2) is 4.98 Å². The van der Waals surface area contributed by atoms with Gasteiger partial charge in [0.15, 0.2) is 0 Å². The summed E-state index contributed by atoms with van der Waals surface area (Å²) < 4.78 is 5.07. The second-order valence-electron chi connectivity index (χ2n) is 3.85. The third-order valence-electron chi connectivity index (χ3n) is 2.70. The maximum Gasteiger partial charge on any atom is 0.0958 e. The summed E-state index contributed by atoms with van der Waals surface area (Å²) in [6.07, 6.45) is 5.65. The Labute approximate surface area is 107 Å². The quantitative estimate of drug-likeness (QED) is 0.743. The van der Waals surface area contributed by atoms with Crippen LogP contribution < -0.4 is 0 Å². The number of benzene rings is 1. The molecule has 0 aliphatic carbocycles. The Hall–Kier alpha value is -1.62. The van der Waals surface area contributed by atoms with E-state index in [9.17, 15) is 0 Å². The number of halogens is 1. The minimum Gasteiger partial charge on any atom is -0.329 e. The van der Waals surface area contributed by atoms with Crippen molar-refractivity contribution in [3.05, 3.63) is 47.5 Å². The Bertz CT molecular complexity index is 641. The lowest BCUT2D eigenvalue weighted by molar-refractivity contribution is 0.541. The van der Waals surface area contributed by atoms with Crippen LogP contribution in [0.25, 0.3) is 11.0 Å². The molecular formula is C12H11BrN4. The standard InChI is InChI=1S/C12H11BrN4/c13-10-7-15-17(8-10)6-5-16-9-14-11-3-1-2-4-12(11)16/h1-4,7-9H,5-6H2. The molecule has 1 aromatic carbocycles. The maximum absolute atomic E-state index is 4.36. The van der Waals surface area contributed by atoms with E-state index in [2.05, 4.69) is 36.6 Å². The summed E-state index contributed by atoms with van der Waals surface area (Å²) in [6.45, 7) is 1.71. The highest BCUT2D eigenvalue weighted by Crippen LogP contribution is 2.12. The molecule has 3 aromatic rings. The fourth-order valence-electron chi connectivity index (χ4n) is 1.86. The van der Waals surface area contributed by atoms with Gasteiger partial charge < -0.3 is 4.57 Å². The van der Waals surface area contributed by atoms with E-state index in [1.165, 1.54) is 5.52 Å². The first-order chi connectivity index (χ1) is 8.33. The first-order valence-corrected chi connectivity index (χ1v) is 6.20. The highest BCUT2D eigenvalue weighted by atomic mass is 79.9. The molecule has 0 aliphatic rings. The largest absolute Gasteiger partial charge is 0.329 e.